The minimum absolute atomic E-state index is 0.437. The summed E-state index contributed by atoms with van der Waals surface area (Å²) in [5.41, 5.74) is 3.84. The molecule has 0 aliphatic rings. The van der Waals surface area contributed by atoms with Crippen molar-refractivity contribution >= 4 is 10.9 Å². The van der Waals surface area contributed by atoms with Gasteiger partial charge in [-0.25, -0.2) is 0 Å². The van der Waals surface area contributed by atoms with Crippen molar-refractivity contribution in [2.24, 2.45) is 0 Å². The predicted molar refractivity (Wildman–Crippen MR) is 74.7 cm³/mol. The first-order valence-corrected chi connectivity index (χ1v) is 6.37. The number of aromatic amines is 1. The van der Waals surface area contributed by atoms with E-state index in [1.807, 2.05) is 6.20 Å². The highest BCUT2D eigenvalue weighted by Gasteiger charge is 2.14. The van der Waals surface area contributed by atoms with Gasteiger partial charge in [-0.2, -0.15) is 5.10 Å². The number of nitrogens with one attached hydrogen (secondary N) is 1. The van der Waals surface area contributed by atoms with Crippen molar-refractivity contribution in [1.82, 2.24) is 10.2 Å². The molecule has 0 amide bonds. The number of aromatic nitrogens is 2. The summed E-state index contributed by atoms with van der Waals surface area (Å²) in [4.78, 5) is 0. The summed E-state index contributed by atoms with van der Waals surface area (Å²) < 4.78 is 0. The normalized spacial score (nSPS) is 12.7. The van der Waals surface area contributed by atoms with Crippen LogP contribution in [0.5, 0.6) is 0 Å². The summed E-state index contributed by atoms with van der Waals surface area (Å²) >= 11 is 0. The third kappa shape index (κ3) is 1.80. The van der Waals surface area contributed by atoms with Crippen molar-refractivity contribution < 1.29 is 0 Å². The van der Waals surface area contributed by atoms with E-state index in [1.165, 1.54) is 16.5 Å². The van der Waals surface area contributed by atoms with Gasteiger partial charge in [0.05, 0.1) is 11.7 Å². The number of H-pyrrole nitrogens is 1. The molecule has 0 bridgehead atoms. The van der Waals surface area contributed by atoms with Crippen molar-refractivity contribution in [1.29, 1.82) is 0 Å². The van der Waals surface area contributed by atoms with Crippen molar-refractivity contribution in [3.63, 3.8) is 0 Å². The van der Waals surface area contributed by atoms with Crippen LogP contribution in [0.4, 0.5) is 0 Å². The first-order chi connectivity index (χ1) is 8.90. The molecule has 2 nitrogen and oxygen atoms in total. The number of hydrogen-bond acceptors (Lipinski definition) is 1. The van der Waals surface area contributed by atoms with Gasteiger partial charge in [0, 0.05) is 11.3 Å². The lowest BCUT2D eigenvalue weighted by molar-refractivity contribution is 0.784. The van der Waals surface area contributed by atoms with Gasteiger partial charge in [0.15, 0.2) is 0 Å². The predicted octanol–water partition coefficient (Wildman–Crippen LogP) is 4.10. The van der Waals surface area contributed by atoms with Gasteiger partial charge in [-0.1, -0.05) is 49.4 Å². The molecule has 3 aromatic rings. The lowest BCUT2D eigenvalue weighted by Gasteiger charge is -2.16. The molecule has 1 atom stereocenters. The second-order valence-corrected chi connectivity index (χ2v) is 4.55. The maximum atomic E-state index is 4.15. The van der Waals surface area contributed by atoms with E-state index >= 15 is 0 Å². The molecule has 0 fully saturated rings. The minimum atomic E-state index is 0.437. The van der Waals surface area contributed by atoms with Gasteiger partial charge >= 0.3 is 0 Å². The Kier molecular flexibility index (Phi) is 2.85. The maximum absolute atomic E-state index is 4.15. The van der Waals surface area contributed by atoms with Crippen LogP contribution in [-0.4, -0.2) is 10.2 Å². The average molecular weight is 236 g/mol. The summed E-state index contributed by atoms with van der Waals surface area (Å²) in [6, 6.07) is 17.1. The van der Waals surface area contributed by atoms with Crippen LogP contribution in [0.25, 0.3) is 10.9 Å². The third-order valence-electron chi connectivity index (χ3n) is 3.50. The number of rotatable bonds is 3. The Morgan fingerprint density at radius 3 is 2.67 bits per heavy atom. The quantitative estimate of drug-likeness (QED) is 0.728. The van der Waals surface area contributed by atoms with Crippen LogP contribution >= 0.6 is 0 Å². The molecule has 3 rings (SSSR count). The van der Waals surface area contributed by atoms with Gasteiger partial charge in [0.1, 0.15) is 0 Å². The lowest BCUT2D eigenvalue weighted by atomic mass is 9.87. The number of hydrogen-bond donors (Lipinski definition) is 1. The number of fused-ring (bicyclic) bond motifs is 1. The van der Waals surface area contributed by atoms with Crippen LogP contribution in [0.1, 0.15) is 30.4 Å². The van der Waals surface area contributed by atoms with Gasteiger partial charge in [0.25, 0.3) is 0 Å². The van der Waals surface area contributed by atoms with E-state index in [4.69, 9.17) is 0 Å². The van der Waals surface area contributed by atoms with Crippen LogP contribution in [0.3, 0.4) is 0 Å². The standard InChI is InChI=1S/C16H16N2/c1-2-13(12-7-4-3-5-8-12)14-9-6-10-16-15(14)11-17-18-16/h3-11,13H,2H2,1H3,(H,17,18). The van der Waals surface area contributed by atoms with Gasteiger partial charge in [-0.3, -0.25) is 5.10 Å². The Bertz CT molecular complexity index is 640. The molecule has 1 unspecified atom stereocenters. The highest BCUT2D eigenvalue weighted by molar-refractivity contribution is 5.82. The zero-order valence-electron chi connectivity index (χ0n) is 10.4. The summed E-state index contributed by atoms with van der Waals surface area (Å²) in [6.07, 6.45) is 3.02. The molecule has 1 aromatic heterocycles. The van der Waals surface area contributed by atoms with E-state index in [2.05, 4.69) is 65.7 Å². The highest BCUT2D eigenvalue weighted by atomic mass is 15.1. The first-order valence-electron chi connectivity index (χ1n) is 6.37. The van der Waals surface area contributed by atoms with E-state index in [0.29, 0.717) is 5.92 Å². The molecule has 0 saturated carbocycles. The topological polar surface area (TPSA) is 28.7 Å². The monoisotopic (exact) mass is 236 g/mol. The molecule has 90 valence electrons. The first kappa shape index (κ1) is 11.0. The Morgan fingerprint density at radius 2 is 1.89 bits per heavy atom. The smallest absolute Gasteiger partial charge is 0.0653 e. The summed E-state index contributed by atoms with van der Waals surface area (Å²) in [6.45, 7) is 2.23. The molecule has 0 radical (unpaired) electrons. The summed E-state index contributed by atoms with van der Waals surface area (Å²) in [5, 5.41) is 8.42. The fourth-order valence-corrected chi connectivity index (χ4v) is 2.62. The molecular formula is C16H16N2. The summed E-state index contributed by atoms with van der Waals surface area (Å²) in [5.74, 6) is 0.437. The second kappa shape index (κ2) is 4.65. The largest absolute Gasteiger partial charge is 0.278 e. The van der Waals surface area contributed by atoms with Crippen LogP contribution in [-0.2, 0) is 0 Å². The lowest BCUT2D eigenvalue weighted by Crippen LogP contribution is -1.99. The van der Waals surface area contributed by atoms with Gasteiger partial charge < -0.3 is 0 Å². The third-order valence-corrected chi connectivity index (χ3v) is 3.50. The number of nitrogens with zero attached hydrogens (tertiary/aromatic N) is 1. The minimum Gasteiger partial charge on any atom is -0.278 e. The van der Waals surface area contributed by atoms with E-state index in [0.717, 1.165) is 11.9 Å². The van der Waals surface area contributed by atoms with Gasteiger partial charge in [-0.05, 0) is 23.6 Å². The van der Waals surface area contributed by atoms with Crippen LogP contribution in [0.2, 0.25) is 0 Å². The zero-order valence-corrected chi connectivity index (χ0v) is 10.4. The van der Waals surface area contributed by atoms with E-state index < -0.39 is 0 Å². The Morgan fingerprint density at radius 1 is 1.06 bits per heavy atom. The molecular weight excluding hydrogens is 220 g/mol. The molecule has 0 spiro atoms. The molecule has 0 saturated heterocycles. The second-order valence-electron chi connectivity index (χ2n) is 4.55. The molecule has 0 aliphatic carbocycles. The van der Waals surface area contributed by atoms with E-state index in [-0.39, 0.29) is 0 Å². The molecule has 18 heavy (non-hydrogen) atoms. The maximum Gasteiger partial charge on any atom is 0.0653 e. The van der Waals surface area contributed by atoms with Crippen LogP contribution in [0, 0.1) is 0 Å². The fourth-order valence-electron chi connectivity index (χ4n) is 2.62. The molecule has 1 heterocycles. The van der Waals surface area contributed by atoms with Crippen LogP contribution in [0.15, 0.2) is 54.7 Å². The molecule has 2 aromatic carbocycles. The Labute approximate surface area is 107 Å². The zero-order chi connectivity index (χ0) is 12.4. The van der Waals surface area contributed by atoms with Crippen molar-refractivity contribution in [2.75, 3.05) is 0 Å². The molecule has 1 N–H and O–H groups in total. The van der Waals surface area contributed by atoms with Gasteiger partial charge in [-0.15, -0.1) is 0 Å². The van der Waals surface area contributed by atoms with Crippen molar-refractivity contribution in [3.05, 3.63) is 65.9 Å². The van der Waals surface area contributed by atoms with Crippen LogP contribution < -0.4 is 0 Å². The summed E-state index contributed by atoms with van der Waals surface area (Å²) in [7, 11) is 0. The van der Waals surface area contributed by atoms with Gasteiger partial charge in [0.2, 0.25) is 0 Å². The average Bonchev–Trinajstić information content (AvgIpc) is 2.90. The van der Waals surface area contributed by atoms with Crippen molar-refractivity contribution in [3.8, 4) is 0 Å². The fraction of sp³-hybridized carbons (Fsp3) is 0.188. The van der Waals surface area contributed by atoms with E-state index in [9.17, 15) is 0 Å². The SMILES string of the molecule is CCC(c1ccccc1)c1cccc2[nH]ncc12. The Hall–Kier alpha value is -2.09. The Balaban J connectivity index is 2.15. The molecule has 0 aliphatic heterocycles. The number of benzene rings is 2. The van der Waals surface area contributed by atoms with E-state index in [1.54, 1.807) is 0 Å². The van der Waals surface area contributed by atoms with Crippen molar-refractivity contribution in [2.45, 2.75) is 19.3 Å². The molecule has 2 heteroatoms. The highest BCUT2D eigenvalue weighted by Crippen LogP contribution is 2.32.